The van der Waals surface area contributed by atoms with Crippen LogP contribution in [0.1, 0.15) is 18.5 Å². The summed E-state index contributed by atoms with van der Waals surface area (Å²) in [6, 6.07) is 13.5. The first-order valence-corrected chi connectivity index (χ1v) is 6.92. The maximum atomic E-state index is 10.1. The zero-order valence-electron chi connectivity index (χ0n) is 12.9. The van der Waals surface area contributed by atoms with Crippen LogP contribution >= 0.6 is 0 Å². The first-order valence-electron chi connectivity index (χ1n) is 6.92. The summed E-state index contributed by atoms with van der Waals surface area (Å²) in [5, 5.41) is 13.4. The van der Waals surface area contributed by atoms with Gasteiger partial charge in [0.15, 0.2) is 0 Å². The molecule has 0 aliphatic rings. The zero-order chi connectivity index (χ0) is 15.4. The summed E-state index contributed by atoms with van der Waals surface area (Å²) in [5.74, 6) is 0.887. The number of rotatable bonds is 5. The molecule has 0 amide bonds. The molecule has 0 saturated heterocycles. The normalized spacial score (nSPS) is 11.8. The molecule has 0 aliphatic heterocycles. The smallest absolute Gasteiger partial charge is 0.124 e. The molecule has 0 aromatic heterocycles. The Kier molecular flexibility index (Phi) is 4.58. The van der Waals surface area contributed by atoms with Crippen LogP contribution in [0.15, 0.2) is 42.5 Å². The van der Waals surface area contributed by atoms with E-state index >= 15 is 0 Å². The second-order valence-corrected chi connectivity index (χ2v) is 5.23. The summed E-state index contributed by atoms with van der Waals surface area (Å²) in [7, 11) is 5.61. The van der Waals surface area contributed by atoms with Crippen molar-refractivity contribution in [3.05, 3.63) is 48.0 Å². The number of ether oxygens (including phenoxy) is 1. The highest BCUT2D eigenvalue weighted by molar-refractivity contribution is 5.55. The van der Waals surface area contributed by atoms with Crippen LogP contribution in [-0.2, 0) is 0 Å². The Morgan fingerprint density at radius 1 is 1.10 bits per heavy atom. The van der Waals surface area contributed by atoms with Gasteiger partial charge in [0.1, 0.15) is 11.5 Å². The van der Waals surface area contributed by atoms with Gasteiger partial charge in [-0.1, -0.05) is 0 Å². The molecular weight excluding hydrogens is 264 g/mol. The van der Waals surface area contributed by atoms with Gasteiger partial charge in [-0.25, -0.2) is 0 Å². The molecule has 4 nitrogen and oxygen atoms in total. The summed E-state index contributed by atoms with van der Waals surface area (Å²) in [6.07, 6.45) is 0. The topological polar surface area (TPSA) is 44.7 Å². The van der Waals surface area contributed by atoms with Crippen LogP contribution < -0.4 is 15.0 Å². The molecule has 21 heavy (non-hydrogen) atoms. The Bertz CT molecular complexity index is 594. The van der Waals surface area contributed by atoms with Gasteiger partial charge in [0.25, 0.3) is 0 Å². The van der Waals surface area contributed by atoms with Gasteiger partial charge in [0.2, 0.25) is 0 Å². The van der Waals surface area contributed by atoms with Crippen LogP contribution in [0.2, 0.25) is 0 Å². The molecule has 112 valence electrons. The number of nitrogens with zero attached hydrogens (tertiary/aromatic N) is 1. The van der Waals surface area contributed by atoms with Crippen LogP contribution in [-0.4, -0.2) is 26.3 Å². The Balaban J connectivity index is 2.12. The summed E-state index contributed by atoms with van der Waals surface area (Å²) in [5.41, 5.74) is 3.01. The second-order valence-electron chi connectivity index (χ2n) is 5.23. The highest BCUT2D eigenvalue weighted by atomic mass is 16.5. The fraction of sp³-hybridized carbons (Fsp3) is 0.294. The van der Waals surface area contributed by atoms with Gasteiger partial charge in [-0.05, 0) is 43.3 Å². The van der Waals surface area contributed by atoms with Crippen LogP contribution in [0.5, 0.6) is 11.5 Å². The number of aromatic hydroxyl groups is 1. The van der Waals surface area contributed by atoms with Crippen molar-refractivity contribution < 1.29 is 9.84 Å². The molecule has 2 rings (SSSR count). The lowest BCUT2D eigenvalue weighted by Crippen LogP contribution is -2.09. The average Bonchev–Trinajstić information content (AvgIpc) is 2.47. The van der Waals surface area contributed by atoms with Crippen LogP contribution in [0.25, 0.3) is 0 Å². The summed E-state index contributed by atoms with van der Waals surface area (Å²) in [6.45, 7) is 2.02. The lowest BCUT2D eigenvalue weighted by Gasteiger charge is -2.18. The van der Waals surface area contributed by atoms with E-state index in [0.717, 1.165) is 16.9 Å². The molecule has 0 fully saturated rings. The average molecular weight is 286 g/mol. The highest BCUT2D eigenvalue weighted by Crippen LogP contribution is 2.30. The maximum Gasteiger partial charge on any atom is 0.124 e. The zero-order valence-corrected chi connectivity index (χ0v) is 12.9. The van der Waals surface area contributed by atoms with E-state index in [1.54, 1.807) is 13.2 Å². The monoisotopic (exact) mass is 286 g/mol. The second kappa shape index (κ2) is 6.39. The fourth-order valence-electron chi connectivity index (χ4n) is 2.20. The van der Waals surface area contributed by atoms with Crippen molar-refractivity contribution in [3.63, 3.8) is 0 Å². The lowest BCUT2D eigenvalue weighted by molar-refractivity contribution is 0.406. The minimum atomic E-state index is 0.00103. The van der Waals surface area contributed by atoms with Crippen LogP contribution in [0.4, 0.5) is 11.4 Å². The van der Waals surface area contributed by atoms with Gasteiger partial charge >= 0.3 is 0 Å². The van der Waals surface area contributed by atoms with Gasteiger partial charge < -0.3 is 20.1 Å². The summed E-state index contributed by atoms with van der Waals surface area (Å²) in [4.78, 5) is 2.06. The Labute approximate surface area is 126 Å². The number of phenols is 1. The number of benzene rings is 2. The van der Waals surface area contributed by atoms with Gasteiger partial charge in [-0.3, -0.25) is 0 Å². The van der Waals surface area contributed by atoms with E-state index in [1.165, 1.54) is 0 Å². The van der Waals surface area contributed by atoms with Crippen molar-refractivity contribution in [2.24, 2.45) is 0 Å². The Morgan fingerprint density at radius 3 is 2.29 bits per heavy atom. The third-order valence-electron chi connectivity index (χ3n) is 3.47. The summed E-state index contributed by atoms with van der Waals surface area (Å²) < 4.78 is 5.10. The molecule has 2 aromatic rings. The third-order valence-corrected chi connectivity index (χ3v) is 3.47. The quantitative estimate of drug-likeness (QED) is 0.881. The largest absolute Gasteiger partial charge is 0.507 e. The molecule has 1 unspecified atom stereocenters. The van der Waals surface area contributed by atoms with Gasteiger partial charge in [-0.2, -0.15) is 0 Å². The van der Waals surface area contributed by atoms with E-state index in [1.807, 2.05) is 45.3 Å². The number of anilines is 2. The van der Waals surface area contributed by atoms with Crippen molar-refractivity contribution in [3.8, 4) is 11.5 Å². The van der Waals surface area contributed by atoms with E-state index in [-0.39, 0.29) is 11.8 Å². The van der Waals surface area contributed by atoms with Crippen molar-refractivity contribution in [2.45, 2.75) is 13.0 Å². The van der Waals surface area contributed by atoms with Gasteiger partial charge in [0, 0.05) is 37.1 Å². The Morgan fingerprint density at radius 2 is 1.76 bits per heavy atom. The molecule has 0 saturated carbocycles. The first kappa shape index (κ1) is 15.0. The molecule has 0 aliphatic carbocycles. The SMILES string of the molecule is COc1ccc(C(C)Nc2ccc(N(C)C)cc2)c(O)c1. The molecule has 2 aromatic carbocycles. The predicted octanol–water partition coefficient (Wildman–Crippen LogP) is 3.64. The van der Waals surface area contributed by atoms with E-state index in [0.29, 0.717) is 5.75 Å². The van der Waals surface area contributed by atoms with E-state index in [9.17, 15) is 5.11 Å². The number of phenolic OH excluding ortho intramolecular Hbond substituents is 1. The summed E-state index contributed by atoms with van der Waals surface area (Å²) >= 11 is 0. The van der Waals surface area contributed by atoms with Crippen molar-refractivity contribution >= 4 is 11.4 Å². The number of hydrogen-bond acceptors (Lipinski definition) is 4. The first-order chi connectivity index (χ1) is 10.0. The molecule has 0 heterocycles. The van der Waals surface area contributed by atoms with Gasteiger partial charge in [0.05, 0.1) is 13.2 Å². The predicted molar refractivity (Wildman–Crippen MR) is 87.5 cm³/mol. The number of nitrogens with one attached hydrogen (secondary N) is 1. The van der Waals surface area contributed by atoms with E-state index in [4.69, 9.17) is 4.74 Å². The molecule has 1 atom stereocenters. The van der Waals surface area contributed by atoms with E-state index in [2.05, 4.69) is 22.3 Å². The van der Waals surface area contributed by atoms with Crippen LogP contribution in [0.3, 0.4) is 0 Å². The molecule has 4 heteroatoms. The maximum absolute atomic E-state index is 10.1. The molecular formula is C17H22N2O2. The van der Waals surface area contributed by atoms with Crippen LogP contribution in [0, 0.1) is 0 Å². The minimum Gasteiger partial charge on any atom is -0.507 e. The third kappa shape index (κ3) is 3.60. The Hall–Kier alpha value is -2.36. The van der Waals surface area contributed by atoms with Crippen molar-refractivity contribution in [1.82, 2.24) is 0 Å². The van der Waals surface area contributed by atoms with E-state index < -0.39 is 0 Å². The van der Waals surface area contributed by atoms with Gasteiger partial charge in [-0.15, -0.1) is 0 Å². The lowest BCUT2D eigenvalue weighted by atomic mass is 10.1. The molecule has 0 bridgehead atoms. The van der Waals surface area contributed by atoms with Crippen molar-refractivity contribution in [2.75, 3.05) is 31.4 Å². The number of methoxy groups -OCH3 is 1. The molecule has 2 N–H and O–H groups in total. The molecule has 0 spiro atoms. The van der Waals surface area contributed by atoms with Crippen molar-refractivity contribution in [1.29, 1.82) is 0 Å². The number of hydrogen-bond donors (Lipinski definition) is 2. The highest BCUT2D eigenvalue weighted by Gasteiger charge is 2.11. The standard InChI is InChI=1S/C17H22N2O2/c1-12(16-10-9-15(21-4)11-17(16)20)18-13-5-7-14(8-6-13)19(2)3/h5-12,18,20H,1-4H3. The molecule has 0 radical (unpaired) electrons. The fourth-order valence-corrected chi connectivity index (χ4v) is 2.20. The minimum absolute atomic E-state index is 0.00103.